The lowest BCUT2D eigenvalue weighted by atomic mass is 10.1. The molecular weight excluding hydrogens is 344 g/mol. The van der Waals surface area contributed by atoms with Crippen LogP contribution in [0.1, 0.15) is 19.4 Å². The molecule has 2 rings (SSSR count). The average molecular weight is 365 g/mol. The Morgan fingerprint density at radius 3 is 2.44 bits per heavy atom. The van der Waals surface area contributed by atoms with Crippen LogP contribution in [0.15, 0.2) is 48.5 Å². The van der Waals surface area contributed by atoms with Crippen LogP contribution in [0.5, 0.6) is 11.5 Å². The lowest BCUT2D eigenvalue weighted by Crippen LogP contribution is -2.40. The third-order valence-corrected chi connectivity index (χ3v) is 3.64. The molecule has 25 heavy (non-hydrogen) atoms. The molecule has 134 valence electrons. The largest absolute Gasteiger partial charge is 0.508 e. The summed E-state index contributed by atoms with van der Waals surface area (Å²) in [7, 11) is 0. The van der Waals surface area contributed by atoms with E-state index in [9.17, 15) is 9.90 Å². The van der Waals surface area contributed by atoms with Crippen molar-refractivity contribution in [1.29, 1.82) is 0 Å². The smallest absolute Gasteiger partial charge is 0.349 e. The minimum atomic E-state index is -1.13. The van der Waals surface area contributed by atoms with Gasteiger partial charge in [-0.1, -0.05) is 29.8 Å². The number of phenols is 1. The van der Waals surface area contributed by atoms with Gasteiger partial charge in [0.2, 0.25) is 0 Å². The number of phenolic OH excluding ortho intramolecular Hbond substituents is 1. The van der Waals surface area contributed by atoms with Gasteiger partial charge in [0.1, 0.15) is 18.1 Å². The quantitative estimate of drug-likeness (QED) is 0.567. The Morgan fingerprint density at radius 2 is 1.76 bits per heavy atom. The molecule has 0 aliphatic carbocycles. The summed E-state index contributed by atoms with van der Waals surface area (Å²) >= 11 is 5.82. The van der Waals surface area contributed by atoms with Crippen LogP contribution in [0.3, 0.4) is 0 Å². The predicted octanol–water partition coefficient (Wildman–Crippen LogP) is 3.96. The second-order valence-electron chi connectivity index (χ2n) is 5.88. The molecule has 0 unspecified atom stereocenters. The molecule has 0 aliphatic rings. The van der Waals surface area contributed by atoms with Gasteiger partial charge in [-0.15, -0.1) is 0 Å². The zero-order valence-corrected chi connectivity index (χ0v) is 15.0. The van der Waals surface area contributed by atoms with E-state index in [2.05, 4.69) is 0 Å². The monoisotopic (exact) mass is 364 g/mol. The molecule has 0 aromatic heterocycles. The van der Waals surface area contributed by atoms with Gasteiger partial charge in [-0.05, 0) is 44.2 Å². The van der Waals surface area contributed by atoms with E-state index in [1.165, 1.54) is 0 Å². The number of hydrogen-bond acceptors (Lipinski definition) is 5. The molecule has 0 radical (unpaired) electrons. The van der Waals surface area contributed by atoms with E-state index in [4.69, 9.17) is 25.8 Å². The molecular formula is C19H21ClO5. The molecule has 0 atom stereocenters. The minimum Gasteiger partial charge on any atom is -0.508 e. The summed E-state index contributed by atoms with van der Waals surface area (Å²) in [4.78, 5) is 12.2. The first-order valence-corrected chi connectivity index (χ1v) is 8.23. The SMILES string of the molecule is CC(C)(Oc1ccc(Cl)cc1)C(=O)OCCOCc1ccccc1O. The molecule has 5 nitrogen and oxygen atoms in total. The van der Waals surface area contributed by atoms with Crippen molar-refractivity contribution in [2.75, 3.05) is 13.2 Å². The fourth-order valence-electron chi connectivity index (χ4n) is 2.02. The van der Waals surface area contributed by atoms with Crippen LogP contribution in [0.25, 0.3) is 0 Å². The third kappa shape index (κ3) is 5.96. The Hall–Kier alpha value is -2.24. The summed E-state index contributed by atoms with van der Waals surface area (Å²) in [5.41, 5.74) is -0.453. The third-order valence-electron chi connectivity index (χ3n) is 3.39. The Morgan fingerprint density at radius 1 is 1.08 bits per heavy atom. The molecule has 0 saturated carbocycles. The van der Waals surface area contributed by atoms with Gasteiger partial charge in [-0.25, -0.2) is 4.79 Å². The first-order chi connectivity index (χ1) is 11.9. The lowest BCUT2D eigenvalue weighted by Gasteiger charge is -2.24. The summed E-state index contributed by atoms with van der Waals surface area (Å²) < 4.78 is 16.2. The Balaban J connectivity index is 1.73. The number of halogens is 1. The summed E-state index contributed by atoms with van der Waals surface area (Å²) in [6.07, 6.45) is 0. The van der Waals surface area contributed by atoms with Crippen LogP contribution in [0.4, 0.5) is 0 Å². The second kappa shape index (κ2) is 8.74. The normalized spacial score (nSPS) is 11.2. The van der Waals surface area contributed by atoms with Crippen molar-refractivity contribution >= 4 is 17.6 Å². The van der Waals surface area contributed by atoms with E-state index in [0.29, 0.717) is 16.3 Å². The zero-order chi connectivity index (χ0) is 18.3. The standard InChI is InChI=1S/C19H21ClO5/c1-19(2,25-16-9-7-15(20)8-10-16)18(22)24-12-11-23-13-14-5-3-4-6-17(14)21/h3-10,21H,11-13H2,1-2H3. The van der Waals surface area contributed by atoms with Gasteiger partial charge in [0.15, 0.2) is 5.60 Å². The molecule has 0 amide bonds. The number of rotatable bonds is 8. The van der Waals surface area contributed by atoms with Crippen LogP contribution < -0.4 is 4.74 Å². The number of hydrogen-bond donors (Lipinski definition) is 1. The summed E-state index contributed by atoms with van der Waals surface area (Å²) in [5, 5.41) is 10.2. The van der Waals surface area contributed by atoms with Gasteiger partial charge in [-0.3, -0.25) is 0 Å². The molecule has 0 bridgehead atoms. The average Bonchev–Trinajstić information content (AvgIpc) is 2.58. The van der Waals surface area contributed by atoms with Crippen LogP contribution in [0.2, 0.25) is 5.02 Å². The van der Waals surface area contributed by atoms with Crippen molar-refractivity contribution in [3.63, 3.8) is 0 Å². The highest BCUT2D eigenvalue weighted by molar-refractivity contribution is 6.30. The Labute approximate surface area is 152 Å². The van der Waals surface area contributed by atoms with Gasteiger partial charge >= 0.3 is 5.97 Å². The van der Waals surface area contributed by atoms with E-state index >= 15 is 0 Å². The van der Waals surface area contributed by atoms with Crippen LogP contribution in [0, 0.1) is 0 Å². The van der Waals surface area contributed by atoms with Crippen molar-refractivity contribution in [2.24, 2.45) is 0 Å². The summed E-state index contributed by atoms with van der Waals surface area (Å²) in [6, 6.07) is 13.7. The first-order valence-electron chi connectivity index (χ1n) is 7.85. The maximum atomic E-state index is 12.2. The van der Waals surface area contributed by atoms with E-state index in [1.54, 1.807) is 56.3 Å². The Kier molecular flexibility index (Phi) is 6.67. The number of esters is 1. The number of carbonyl (C=O) groups excluding carboxylic acids is 1. The van der Waals surface area contributed by atoms with Crippen molar-refractivity contribution in [3.8, 4) is 11.5 Å². The van der Waals surface area contributed by atoms with Crippen molar-refractivity contribution in [3.05, 3.63) is 59.1 Å². The van der Waals surface area contributed by atoms with Gasteiger partial charge in [0, 0.05) is 10.6 Å². The molecule has 2 aromatic rings. The van der Waals surface area contributed by atoms with E-state index in [0.717, 1.165) is 0 Å². The van der Waals surface area contributed by atoms with Gasteiger partial charge in [-0.2, -0.15) is 0 Å². The second-order valence-corrected chi connectivity index (χ2v) is 6.32. The molecule has 0 saturated heterocycles. The van der Waals surface area contributed by atoms with Crippen LogP contribution in [-0.4, -0.2) is 29.9 Å². The molecule has 0 aliphatic heterocycles. The fourth-order valence-corrected chi connectivity index (χ4v) is 2.15. The van der Waals surface area contributed by atoms with Crippen molar-refractivity contribution < 1.29 is 24.1 Å². The predicted molar refractivity (Wildman–Crippen MR) is 94.9 cm³/mol. The fraction of sp³-hybridized carbons (Fsp3) is 0.316. The molecule has 6 heteroatoms. The maximum absolute atomic E-state index is 12.2. The highest BCUT2D eigenvalue weighted by atomic mass is 35.5. The van der Waals surface area contributed by atoms with E-state index in [-0.39, 0.29) is 25.6 Å². The van der Waals surface area contributed by atoms with Gasteiger partial charge in [0.25, 0.3) is 0 Å². The van der Waals surface area contributed by atoms with Crippen molar-refractivity contribution in [1.82, 2.24) is 0 Å². The van der Waals surface area contributed by atoms with Crippen molar-refractivity contribution in [2.45, 2.75) is 26.1 Å². The first kappa shape index (κ1) is 19.1. The number of carbonyl (C=O) groups is 1. The lowest BCUT2D eigenvalue weighted by molar-refractivity contribution is -0.160. The minimum absolute atomic E-state index is 0.0971. The van der Waals surface area contributed by atoms with E-state index in [1.807, 2.05) is 6.07 Å². The highest BCUT2D eigenvalue weighted by Crippen LogP contribution is 2.22. The molecule has 0 heterocycles. The molecule has 0 fully saturated rings. The molecule has 2 aromatic carbocycles. The van der Waals surface area contributed by atoms with Gasteiger partial charge in [0.05, 0.1) is 13.2 Å². The van der Waals surface area contributed by atoms with Gasteiger partial charge < -0.3 is 19.3 Å². The zero-order valence-electron chi connectivity index (χ0n) is 14.2. The maximum Gasteiger partial charge on any atom is 0.349 e. The summed E-state index contributed by atoms with van der Waals surface area (Å²) in [6.45, 7) is 3.82. The number of para-hydroxylation sites is 1. The Bertz CT molecular complexity index is 697. The van der Waals surface area contributed by atoms with Crippen LogP contribution in [-0.2, 0) is 20.9 Å². The number of aromatic hydroxyl groups is 1. The number of ether oxygens (including phenoxy) is 3. The highest BCUT2D eigenvalue weighted by Gasteiger charge is 2.31. The summed E-state index contributed by atoms with van der Waals surface area (Å²) in [5.74, 6) is 0.216. The number of benzene rings is 2. The topological polar surface area (TPSA) is 65.0 Å². The molecule has 1 N–H and O–H groups in total. The molecule has 0 spiro atoms. The van der Waals surface area contributed by atoms with E-state index < -0.39 is 11.6 Å². The van der Waals surface area contributed by atoms with Crippen LogP contribution >= 0.6 is 11.6 Å².